The first-order valence-corrected chi connectivity index (χ1v) is 8.52. The lowest BCUT2D eigenvalue weighted by molar-refractivity contribution is 0.630. The Kier molecular flexibility index (Phi) is 3.92. The SMILES string of the molecule is CC(C)c1[nH]n2c(=O)cc(-c3ccccc3F)nc2c1-c1ccccc1. The number of hydrogen-bond donors (Lipinski definition) is 1. The Balaban J connectivity index is 2.07. The van der Waals surface area contributed by atoms with E-state index in [0.717, 1.165) is 16.8 Å². The number of aromatic amines is 1. The number of aromatic nitrogens is 3. The molecule has 2 aromatic heterocycles. The van der Waals surface area contributed by atoms with Gasteiger partial charge in [-0.2, -0.15) is 0 Å². The Labute approximate surface area is 149 Å². The fraction of sp³-hybridized carbons (Fsp3) is 0.143. The number of nitrogens with zero attached hydrogens (tertiary/aromatic N) is 2. The van der Waals surface area contributed by atoms with Crippen molar-refractivity contribution in [1.82, 2.24) is 14.6 Å². The first kappa shape index (κ1) is 16.3. The maximum atomic E-state index is 14.2. The van der Waals surface area contributed by atoms with Gasteiger partial charge in [0, 0.05) is 22.9 Å². The van der Waals surface area contributed by atoms with Gasteiger partial charge in [0.25, 0.3) is 5.56 Å². The van der Waals surface area contributed by atoms with E-state index in [1.807, 2.05) is 30.3 Å². The van der Waals surface area contributed by atoms with Gasteiger partial charge in [-0.3, -0.25) is 9.89 Å². The first-order chi connectivity index (χ1) is 12.6. The van der Waals surface area contributed by atoms with E-state index >= 15 is 0 Å². The molecule has 0 spiro atoms. The summed E-state index contributed by atoms with van der Waals surface area (Å²) in [4.78, 5) is 17.3. The van der Waals surface area contributed by atoms with Crippen LogP contribution in [-0.2, 0) is 0 Å². The molecule has 4 rings (SSSR count). The maximum Gasteiger partial charge on any atom is 0.273 e. The zero-order valence-corrected chi connectivity index (χ0v) is 14.5. The van der Waals surface area contributed by atoms with Crippen LogP contribution in [0.2, 0.25) is 0 Å². The fourth-order valence-electron chi connectivity index (χ4n) is 3.17. The number of benzene rings is 2. The van der Waals surface area contributed by atoms with Gasteiger partial charge in [0.05, 0.1) is 5.69 Å². The Hall–Kier alpha value is -3.21. The highest BCUT2D eigenvalue weighted by Gasteiger charge is 2.19. The molecule has 2 heterocycles. The van der Waals surface area contributed by atoms with Gasteiger partial charge < -0.3 is 0 Å². The second-order valence-electron chi connectivity index (χ2n) is 6.54. The highest BCUT2D eigenvalue weighted by Crippen LogP contribution is 2.32. The van der Waals surface area contributed by atoms with Crippen molar-refractivity contribution in [3.8, 4) is 22.4 Å². The number of halogens is 1. The lowest BCUT2D eigenvalue weighted by Crippen LogP contribution is -2.14. The molecular formula is C21H18FN3O. The zero-order chi connectivity index (χ0) is 18.3. The minimum Gasteiger partial charge on any atom is -0.293 e. The molecule has 0 unspecified atom stereocenters. The number of nitrogens with one attached hydrogen (secondary N) is 1. The maximum absolute atomic E-state index is 14.2. The molecule has 0 aliphatic carbocycles. The Bertz CT molecular complexity index is 1140. The van der Waals surface area contributed by atoms with Crippen molar-refractivity contribution in [2.45, 2.75) is 19.8 Å². The number of fused-ring (bicyclic) bond motifs is 1. The van der Waals surface area contributed by atoms with E-state index in [-0.39, 0.29) is 11.5 Å². The number of hydrogen-bond acceptors (Lipinski definition) is 2. The standard InChI is InChI=1S/C21H18FN3O/c1-13(2)20-19(14-8-4-3-5-9-14)21-23-17(12-18(26)25(21)24-20)15-10-6-7-11-16(15)22/h3-13,24H,1-2H3. The van der Waals surface area contributed by atoms with Crippen molar-refractivity contribution in [1.29, 1.82) is 0 Å². The molecule has 0 fully saturated rings. The molecule has 0 bridgehead atoms. The molecule has 0 amide bonds. The van der Waals surface area contributed by atoms with Gasteiger partial charge >= 0.3 is 0 Å². The van der Waals surface area contributed by atoms with Crippen LogP contribution < -0.4 is 5.56 Å². The van der Waals surface area contributed by atoms with Crippen molar-refractivity contribution in [3.05, 3.63) is 82.5 Å². The van der Waals surface area contributed by atoms with E-state index in [0.29, 0.717) is 16.9 Å². The van der Waals surface area contributed by atoms with Crippen LogP contribution in [0.15, 0.2) is 65.5 Å². The average Bonchev–Trinajstić information content (AvgIpc) is 3.03. The van der Waals surface area contributed by atoms with Crippen LogP contribution in [0.3, 0.4) is 0 Å². The molecule has 0 aliphatic rings. The van der Waals surface area contributed by atoms with Gasteiger partial charge in [0.15, 0.2) is 5.65 Å². The molecule has 26 heavy (non-hydrogen) atoms. The summed E-state index contributed by atoms with van der Waals surface area (Å²) in [6.07, 6.45) is 0. The third-order valence-electron chi connectivity index (χ3n) is 4.43. The second-order valence-corrected chi connectivity index (χ2v) is 6.54. The van der Waals surface area contributed by atoms with Gasteiger partial charge in [-0.1, -0.05) is 56.3 Å². The monoisotopic (exact) mass is 347 g/mol. The fourth-order valence-corrected chi connectivity index (χ4v) is 3.17. The Morgan fingerprint density at radius 2 is 1.73 bits per heavy atom. The summed E-state index contributed by atoms with van der Waals surface area (Å²) in [5.74, 6) is -0.229. The number of H-pyrrole nitrogens is 1. The highest BCUT2D eigenvalue weighted by atomic mass is 19.1. The molecule has 0 aliphatic heterocycles. The summed E-state index contributed by atoms with van der Waals surface area (Å²) in [6.45, 7) is 4.11. The molecule has 2 aromatic carbocycles. The van der Waals surface area contributed by atoms with Crippen molar-refractivity contribution >= 4 is 5.65 Å². The quantitative estimate of drug-likeness (QED) is 0.588. The van der Waals surface area contributed by atoms with E-state index < -0.39 is 5.82 Å². The van der Waals surface area contributed by atoms with E-state index in [4.69, 9.17) is 0 Å². The molecule has 4 aromatic rings. The minimum atomic E-state index is -0.398. The van der Waals surface area contributed by atoms with E-state index in [1.165, 1.54) is 16.6 Å². The molecule has 130 valence electrons. The molecule has 5 heteroatoms. The molecule has 0 radical (unpaired) electrons. The summed E-state index contributed by atoms with van der Waals surface area (Å²) >= 11 is 0. The normalized spacial score (nSPS) is 11.4. The summed E-state index contributed by atoms with van der Waals surface area (Å²) in [5.41, 5.74) is 3.65. The van der Waals surface area contributed by atoms with E-state index in [1.54, 1.807) is 18.2 Å². The van der Waals surface area contributed by atoms with Crippen LogP contribution in [0.4, 0.5) is 4.39 Å². The smallest absolute Gasteiger partial charge is 0.273 e. The summed E-state index contributed by atoms with van der Waals surface area (Å²) in [6, 6.07) is 17.5. The van der Waals surface area contributed by atoms with Gasteiger partial charge in [0.2, 0.25) is 0 Å². The third kappa shape index (κ3) is 2.62. The Morgan fingerprint density at radius 1 is 1.04 bits per heavy atom. The largest absolute Gasteiger partial charge is 0.293 e. The summed E-state index contributed by atoms with van der Waals surface area (Å²) < 4.78 is 15.6. The van der Waals surface area contributed by atoms with Crippen LogP contribution in [0.1, 0.15) is 25.5 Å². The Morgan fingerprint density at radius 3 is 2.42 bits per heavy atom. The summed E-state index contributed by atoms with van der Waals surface area (Å²) in [7, 11) is 0. The highest BCUT2D eigenvalue weighted by molar-refractivity contribution is 5.81. The van der Waals surface area contributed by atoms with Crippen LogP contribution >= 0.6 is 0 Å². The predicted octanol–water partition coefficient (Wildman–Crippen LogP) is 4.62. The van der Waals surface area contributed by atoms with Crippen LogP contribution in [-0.4, -0.2) is 14.6 Å². The lowest BCUT2D eigenvalue weighted by atomic mass is 9.99. The zero-order valence-electron chi connectivity index (χ0n) is 14.5. The van der Waals surface area contributed by atoms with Crippen LogP contribution in [0.5, 0.6) is 0 Å². The third-order valence-corrected chi connectivity index (χ3v) is 4.43. The van der Waals surface area contributed by atoms with Gasteiger partial charge in [-0.05, 0) is 23.6 Å². The molecule has 0 saturated carbocycles. The molecule has 0 saturated heterocycles. The topological polar surface area (TPSA) is 50.2 Å². The van der Waals surface area contributed by atoms with Gasteiger partial charge in [-0.15, -0.1) is 0 Å². The molecule has 4 nitrogen and oxygen atoms in total. The molecular weight excluding hydrogens is 329 g/mol. The van der Waals surface area contributed by atoms with Crippen LogP contribution in [0.25, 0.3) is 28.0 Å². The second kappa shape index (κ2) is 6.26. The van der Waals surface area contributed by atoms with Gasteiger partial charge in [0.1, 0.15) is 5.82 Å². The lowest BCUT2D eigenvalue weighted by Gasteiger charge is -2.07. The van der Waals surface area contributed by atoms with Crippen LogP contribution in [0, 0.1) is 5.82 Å². The van der Waals surface area contributed by atoms with Crippen molar-refractivity contribution in [2.24, 2.45) is 0 Å². The van der Waals surface area contributed by atoms with E-state index in [2.05, 4.69) is 23.9 Å². The molecule has 0 atom stereocenters. The molecule has 1 N–H and O–H groups in total. The van der Waals surface area contributed by atoms with E-state index in [9.17, 15) is 9.18 Å². The van der Waals surface area contributed by atoms with Gasteiger partial charge in [-0.25, -0.2) is 13.9 Å². The first-order valence-electron chi connectivity index (χ1n) is 8.52. The average molecular weight is 347 g/mol. The number of rotatable bonds is 3. The minimum absolute atomic E-state index is 0.170. The van der Waals surface area contributed by atoms with Crippen molar-refractivity contribution in [2.75, 3.05) is 0 Å². The van der Waals surface area contributed by atoms with Crippen molar-refractivity contribution < 1.29 is 4.39 Å². The predicted molar refractivity (Wildman–Crippen MR) is 101 cm³/mol. The van der Waals surface area contributed by atoms with Crippen molar-refractivity contribution in [3.63, 3.8) is 0 Å². The summed E-state index contributed by atoms with van der Waals surface area (Å²) in [5, 5.41) is 3.17.